The van der Waals surface area contributed by atoms with Gasteiger partial charge in [0.25, 0.3) is 0 Å². The zero-order valence-electron chi connectivity index (χ0n) is 39.3. The molecule has 0 aromatic rings. The molecule has 8 aliphatic rings. The fourth-order valence-electron chi connectivity index (χ4n) is 15.7. The Labute approximate surface area is 382 Å². The third-order valence-electron chi connectivity index (χ3n) is 19.6. The molecule has 0 aromatic carbocycles. The van der Waals surface area contributed by atoms with Crippen LogP contribution in [0.5, 0.6) is 0 Å². The quantitative estimate of drug-likeness (QED) is 0.129. The molecule has 8 fully saturated rings. The van der Waals surface area contributed by atoms with Crippen LogP contribution in [0, 0.1) is 51.2 Å². The molecule has 26 atom stereocenters. The summed E-state index contributed by atoms with van der Waals surface area (Å²) in [5.41, 5.74) is -3.87. The van der Waals surface area contributed by atoms with Crippen molar-refractivity contribution in [3.8, 4) is 0 Å². The van der Waals surface area contributed by atoms with Crippen molar-refractivity contribution in [3.63, 3.8) is 0 Å². The van der Waals surface area contributed by atoms with Crippen molar-refractivity contribution in [2.75, 3.05) is 13.2 Å². The van der Waals surface area contributed by atoms with Crippen molar-refractivity contribution >= 4 is 0 Å². The van der Waals surface area contributed by atoms with Crippen molar-refractivity contribution in [2.45, 2.75) is 229 Å². The first-order valence-corrected chi connectivity index (χ1v) is 24.2. The van der Waals surface area contributed by atoms with Crippen LogP contribution in [-0.2, 0) is 28.4 Å². The largest absolute Gasteiger partial charge is 0.394 e. The highest BCUT2D eigenvalue weighted by molar-refractivity contribution is 5.22. The molecule has 65 heavy (non-hydrogen) atoms. The van der Waals surface area contributed by atoms with Gasteiger partial charge >= 0.3 is 0 Å². The van der Waals surface area contributed by atoms with Crippen LogP contribution in [0.1, 0.15) is 113 Å². The average Bonchev–Trinajstić information content (AvgIpc) is 3.77. The fraction of sp³-hybridized carbons (Fsp3) is 1.00. The molecular weight excluding hydrogens is 852 g/mol. The lowest BCUT2D eigenvalue weighted by molar-refractivity contribution is -0.388. The molecule has 5 aliphatic carbocycles. The number of hydrogen-bond acceptors (Lipinski definition) is 18. The van der Waals surface area contributed by atoms with E-state index in [4.69, 9.17) is 28.4 Å². The fourth-order valence-corrected chi connectivity index (χ4v) is 15.7. The molecule has 18 nitrogen and oxygen atoms in total. The van der Waals surface area contributed by atoms with E-state index in [0.29, 0.717) is 32.1 Å². The van der Waals surface area contributed by atoms with E-state index in [-0.39, 0.29) is 46.5 Å². The van der Waals surface area contributed by atoms with Gasteiger partial charge in [0, 0.05) is 5.92 Å². The lowest BCUT2D eigenvalue weighted by Crippen LogP contribution is -2.68. The molecule has 3 aliphatic heterocycles. The van der Waals surface area contributed by atoms with E-state index in [0.717, 1.165) is 25.7 Å². The predicted octanol–water partition coefficient (Wildman–Crippen LogP) is -0.585. The normalized spacial score (nSPS) is 57.0. The maximum atomic E-state index is 12.4. The van der Waals surface area contributed by atoms with Crippen molar-refractivity contribution in [2.24, 2.45) is 51.2 Å². The number of rotatable bonds is 9. The Bertz CT molecular complexity index is 1680. The van der Waals surface area contributed by atoms with Crippen LogP contribution in [0.25, 0.3) is 0 Å². The minimum Gasteiger partial charge on any atom is -0.394 e. The van der Waals surface area contributed by atoms with Crippen molar-refractivity contribution in [3.05, 3.63) is 0 Å². The summed E-state index contributed by atoms with van der Waals surface area (Å²) in [7, 11) is 0. The van der Waals surface area contributed by atoms with Crippen LogP contribution in [0.2, 0.25) is 0 Å². The summed E-state index contributed by atoms with van der Waals surface area (Å²) in [5.74, 6) is -0.811. The standard InChI is InChI=1S/C47H80O18/c1-20-30(51)32(53)34(55)39(61-20)65-37-36(64-40-35(56)33(54)31(52)25(18-48)62-40)24(50)19-60-41(37)63-28-12-13-44(6)26(42(28,2)3)11-15-45(7)27(44)17-23(49)29-21(9-14-46(29,45)8)47(59)16-10-22(38(47)57)43(4,5)58/h20-41,48-59H,9-19H2,1-8H3/t20-,21-,22+,23+,24-,25+,26?,27?,28-,29?,30-,31+,32+,33-,34+,35+,36-,37+,38-,39-,40-,41-,44-,45+,46+,47-/m0/s1. The van der Waals surface area contributed by atoms with E-state index < -0.39 is 133 Å². The maximum absolute atomic E-state index is 12.4. The molecule has 0 amide bonds. The molecule has 3 saturated heterocycles. The van der Waals surface area contributed by atoms with Crippen LogP contribution >= 0.6 is 0 Å². The topological polar surface area (TPSA) is 298 Å². The van der Waals surface area contributed by atoms with Gasteiger partial charge in [0.1, 0.15) is 61.0 Å². The first kappa shape index (κ1) is 50.7. The van der Waals surface area contributed by atoms with Gasteiger partial charge in [-0.05, 0) is 124 Å². The van der Waals surface area contributed by atoms with Gasteiger partial charge in [0.05, 0.1) is 48.8 Å². The molecule has 3 unspecified atom stereocenters. The second kappa shape index (κ2) is 17.5. The molecule has 5 saturated carbocycles. The molecule has 0 radical (unpaired) electrons. The smallest absolute Gasteiger partial charge is 0.187 e. The van der Waals surface area contributed by atoms with E-state index in [2.05, 4.69) is 34.6 Å². The molecule has 0 aromatic heterocycles. The summed E-state index contributed by atoms with van der Waals surface area (Å²) >= 11 is 0. The Morgan fingerprint density at radius 3 is 1.88 bits per heavy atom. The predicted molar refractivity (Wildman–Crippen MR) is 227 cm³/mol. The Balaban J connectivity index is 1.04. The lowest BCUT2D eigenvalue weighted by atomic mass is 9.35. The van der Waals surface area contributed by atoms with Gasteiger partial charge in [-0.2, -0.15) is 0 Å². The second-order valence-corrected chi connectivity index (χ2v) is 23.5. The molecule has 0 spiro atoms. The lowest BCUT2D eigenvalue weighted by Gasteiger charge is -2.71. The van der Waals surface area contributed by atoms with E-state index in [1.807, 2.05) is 0 Å². The monoisotopic (exact) mass is 933 g/mol. The van der Waals surface area contributed by atoms with Crippen LogP contribution in [0.4, 0.5) is 0 Å². The molecule has 18 heteroatoms. The molecule has 8 rings (SSSR count). The zero-order valence-corrected chi connectivity index (χ0v) is 39.3. The Kier molecular flexibility index (Phi) is 13.7. The van der Waals surface area contributed by atoms with Gasteiger partial charge in [0.15, 0.2) is 18.9 Å². The first-order chi connectivity index (χ1) is 30.2. The van der Waals surface area contributed by atoms with Crippen LogP contribution in [-0.4, -0.2) is 190 Å². The van der Waals surface area contributed by atoms with E-state index in [1.165, 1.54) is 6.92 Å². The van der Waals surface area contributed by atoms with Crippen molar-refractivity contribution in [1.82, 2.24) is 0 Å². The van der Waals surface area contributed by atoms with Gasteiger partial charge in [-0.15, -0.1) is 0 Å². The van der Waals surface area contributed by atoms with Gasteiger partial charge < -0.3 is 89.7 Å². The third kappa shape index (κ3) is 7.91. The summed E-state index contributed by atoms with van der Waals surface area (Å²) in [6, 6.07) is 0. The number of aliphatic hydroxyl groups is 12. The van der Waals surface area contributed by atoms with E-state index in [1.54, 1.807) is 13.8 Å². The van der Waals surface area contributed by atoms with Crippen LogP contribution < -0.4 is 0 Å². The van der Waals surface area contributed by atoms with Crippen LogP contribution in [0.3, 0.4) is 0 Å². The first-order valence-electron chi connectivity index (χ1n) is 24.2. The SMILES string of the molecule is C[C@@H]1O[C@@H](O[C@H]2[C@H](O[C@H]3CC[C@@]4(C)C(CC[C@]5(C)C4C[C@@H](O)C4[C@@H]([C@@]6(O)CC[C@@H](C(C)(C)O)[C@@H]6O)CC[C@]45C)C3(C)C)OC[C@H](O)[C@@H]2O[C@@H]2O[C@H](CO)[C@@H](O)[C@H](O)[C@H]2O)[C@H](O)[C@H](O)[C@H]1O. The summed E-state index contributed by atoms with van der Waals surface area (Å²) in [4.78, 5) is 0. The minimum atomic E-state index is -1.82. The average molecular weight is 933 g/mol. The van der Waals surface area contributed by atoms with Gasteiger partial charge in [-0.1, -0.05) is 34.6 Å². The molecular formula is C47H80O18. The Hall–Kier alpha value is -0.720. The van der Waals surface area contributed by atoms with Crippen molar-refractivity contribution in [1.29, 1.82) is 0 Å². The summed E-state index contributed by atoms with van der Waals surface area (Å²) < 4.78 is 37.0. The second-order valence-electron chi connectivity index (χ2n) is 23.5. The zero-order chi connectivity index (χ0) is 47.7. The maximum Gasteiger partial charge on any atom is 0.187 e. The molecule has 12 N–H and O–H groups in total. The summed E-state index contributed by atoms with van der Waals surface area (Å²) in [5, 5.41) is 133. The van der Waals surface area contributed by atoms with Gasteiger partial charge in [-0.3, -0.25) is 0 Å². The molecule has 3 heterocycles. The van der Waals surface area contributed by atoms with Crippen LogP contribution in [0.15, 0.2) is 0 Å². The summed E-state index contributed by atoms with van der Waals surface area (Å²) in [6.45, 7) is 15.1. The minimum absolute atomic E-state index is 0.0976. The highest BCUT2D eigenvalue weighted by Gasteiger charge is 2.73. The van der Waals surface area contributed by atoms with Gasteiger partial charge in [0.2, 0.25) is 0 Å². The number of hydrogen-bond donors (Lipinski definition) is 12. The molecule has 0 bridgehead atoms. The van der Waals surface area contributed by atoms with E-state index >= 15 is 0 Å². The third-order valence-corrected chi connectivity index (χ3v) is 19.6. The Morgan fingerprint density at radius 1 is 0.631 bits per heavy atom. The van der Waals surface area contributed by atoms with E-state index in [9.17, 15) is 61.3 Å². The van der Waals surface area contributed by atoms with Crippen molar-refractivity contribution < 1.29 is 89.7 Å². The number of fused-ring (bicyclic) bond motifs is 5. The highest BCUT2D eigenvalue weighted by Crippen LogP contribution is 2.76. The molecule has 376 valence electrons. The van der Waals surface area contributed by atoms with Gasteiger partial charge in [-0.25, -0.2) is 0 Å². The highest BCUT2D eigenvalue weighted by atomic mass is 16.8. The number of aliphatic hydroxyl groups excluding tert-OH is 10. The summed E-state index contributed by atoms with van der Waals surface area (Å²) in [6.07, 6.45) is -17.7. The number of ether oxygens (including phenoxy) is 6. The Morgan fingerprint density at radius 2 is 1.25 bits per heavy atom.